The first-order chi connectivity index (χ1) is 5.74. The highest BCUT2D eigenvalue weighted by Gasteiger charge is 2.24. The van der Waals surface area contributed by atoms with Crippen LogP contribution in [0.1, 0.15) is 39.5 Å². The molecule has 0 aromatic rings. The van der Waals surface area contributed by atoms with E-state index in [1.54, 1.807) is 0 Å². The predicted octanol–water partition coefficient (Wildman–Crippen LogP) is 2.44. The van der Waals surface area contributed by atoms with E-state index in [0.29, 0.717) is 0 Å². The Morgan fingerprint density at radius 3 is 2.92 bits per heavy atom. The highest BCUT2D eigenvalue weighted by Crippen LogP contribution is 2.20. The molecule has 1 aliphatic heterocycles. The molecule has 0 radical (unpaired) electrons. The zero-order valence-corrected chi connectivity index (χ0v) is 7.80. The van der Waals surface area contributed by atoms with Crippen LogP contribution in [0.2, 0.25) is 0 Å². The Labute approximate surface area is 73.6 Å². The fourth-order valence-corrected chi connectivity index (χ4v) is 1.34. The van der Waals surface area contributed by atoms with Crippen LogP contribution < -0.4 is 0 Å². The lowest BCUT2D eigenvalue weighted by atomic mass is 10.1. The number of carbonyl (C=O) groups excluding carboxylic acids is 1. The Hall–Kier alpha value is -0.790. The Bertz CT molecular complexity index is 194. The average molecular weight is 168 g/mol. The van der Waals surface area contributed by atoms with Gasteiger partial charge in [0.2, 0.25) is 0 Å². The second kappa shape index (κ2) is 4.29. The van der Waals surface area contributed by atoms with E-state index in [4.69, 9.17) is 4.74 Å². The van der Waals surface area contributed by atoms with Crippen LogP contribution in [0.15, 0.2) is 11.6 Å². The van der Waals surface area contributed by atoms with E-state index in [1.807, 2.05) is 13.0 Å². The van der Waals surface area contributed by atoms with Gasteiger partial charge in [0, 0.05) is 12.0 Å². The lowest BCUT2D eigenvalue weighted by molar-refractivity contribution is -0.138. The van der Waals surface area contributed by atoms with Gasteiger partial charge in [-0.1, -0.05) is 25.8 Å². The van der Waals surface area contributed by atoms with Gasteiger partial charge in [-0.15, -0.1) is 0 Å². The molecule has 1 unspecified atom stereocenters. The van der Waals surface area contributed by atoms with E-state index in [9.17, 15) is 4.79 Å². The van der Waals surface area contributed by atoms with Crippen molar-refractivity contribution in [1.82, 2.24) is 0 Å². The molecule has 1 atom stereocenters. The molecule has 0 aromatic heterocycles. The molecular weight excluding hydrogens is 152 g/mol. The van der Waals surface area contributed by atoms with Crippen LogP contribution in [0.4, 0.5) is 0 Å². The first-order valence-corrected chi connectivity index (χ1v) is 4.64. The van der Waals surface area contributed by atoms with Crippen molar-refractivity contribution in [2.75, 3.05) is 0 Å². The fourth-order valence-electron chi connectivity index (χ4n) is 1.34. The molecule has 12 heavy (non-hydrogen) atoms. The van der Waals surface area contributed by atoms with Crippen molar-refractivity contribution < 1.29 is 9.53 Å². The summed E-state index contributed by atoms with van der Waals surface area (Å²) in [6, 6.07) is 0. The number of hydrogen-bond donors (Lipinski definition) is 0. The van der Waals surface area contributed by atoms with Gasteiger partial charge in [0.1, 0.15) is 6.10 Å². The molecule has 0 spiro atoms. The van der Waals surface area contributed by atoms with E-state index in [2.05, 4.69) is 6.92 Å². The maximum absolute atomic E-state index is 11.1. The van der Waals surface area contributed by atoms with Crippen LogP contribution in [0, 0.1) is 0 Å². The summed E-state index contributed by atoms with van der Waals surface area (Å²) in [4.78, 5) is 11.1. The third-order valence-corrected chi connectivity index (χ3v) is 2.03. The molecule has 0 amide bonds. The van der Waals surface area contributed by atoms with Gasteiger partial charge >= 0.3 is 5.97 Å². The first kappa shape index (κ1) is 9.30. The van der Waals surface area contributed by atoms with Gasteiger partial charge in [-0.3, -0.25) is 0 Å². The molecule has 68 valence electrons. The summed E-state index contributed by atoms with van der Waals surface area (Å²) in [6.07, 6.45) is 6.25. The van der Waals surface area contributed by atoms with Gasteiger partial charge in [0.05, 0.1) is 0 Å². The SMILES string of the molecule is CCCCC=C1CC(C)OC1=O. The number of allylic oxidation sites excluding steroid dienone is 1. The topological polar surface area (TPSA) is 26.3 Å². The van der Waals surface area contributed by atoms with E-state index in [1.165, 1.54) is 6.42 Å². The Kier molecular flexibility index (Phi) is 3.32. The molecule has 0 saturated carbocycles. The first-order valence-electron chi connectivity index (χ1n) is 4.64. The van der Waals surface area contributed by atoms with Crippen molar-refractivity contribution in [1.29, 1.82) is 0 Å². The number of carbonyl (C=O) groups is 1. The highest BCUT2D eigenvalue weighted by atomic mass is 16.5. The molecule has 2 nitrogen and oxygen atoms in total. The summed E-state index contributed by atoms with van der Waals surface area (Å²) in [7, 11) is 0. The van der Waals surface area contributed by atoms with Crippen LogP contribution >= 0.6 is 0 Å². The lowest BCUT2D eigenvalue weighted by Gasteiger charge is -1.94. The smallest absolute Gasteiger partial charge is 0.334 e. The predicted molar refractivity (Wildman–Crippen MR) is 47.8 cm³/mol. The third kappa shape index (κ3) is 2.36. The summed E-state index contributed by atoms with van der Waals surface area (Å²) in [6.45, 7) is 4.08. The van der Waals surface area contributed by atoms with Crippen LogP contribution in [-0.2, 0) is 9.53 Å². The van der Waals surface area contributed by atoms with E-state index in [-0.39, 0.29) is 12.1 Å². The molecule has 1 fully saturated rings. The van der Waals surface area contributed by atoms with Gasteiger partial charge < -0.3 is 4.74 Å². The minimum atomic E-state index is -0.112. The van der Waals surface area contributed by atoms with Crippen molar-refractivity contribution in [2.24, 2.45) is 0 Å². The van der Waals surface area contributed by atoms with Crippen LogP contribution in [0.3, 0.4) is 0 Å². The minimum Gasteiger partial charge on any atom is -0.459 e. The average Bonchev–Trinajstić information content (AvgIpc) is 2.31. The third-order valence-electron chi connectivity index (χ3n) is 2.03. The van der Waals surface area contributed by atoms with E-state index >= 15 is 0 Å². The number of ether oxygens (including phenoxy) is 1. The molecule has 1 saturated heterocycles. The minimum absolute atomic E-state index is 0.0883. The summed E-state index contributed by atoms with van der Waals surface area (Å²) >= 11 is 0. The summed E-state index contributed by atoms with van der Waals surface area (Å²) in [5.74, 6) is -0.112. The van der Waals surface area contributed by atoms with Gasteiger partial charge in [0.25, 0.3) is 0 Å². The van der Waals surface area contributed by atoms with Crippen LogP contribution in [0.5, 0.6) is 0 Å². The van der Waals surface area contributed by atoms with Gasteiger partial charge in [0.15, 0.2) is 0 Å². The second-order valence-electron chi connectivity index (χ2n) is 3.29. The normalized spacial score (nSPS) is 26.3. The largest absolute Gasteiger partial charge is 0.459 e. The van der Waals surface area contributed by atoms with E-state index in [0.717, 1.165) is 24.8 Å². The van der Waals surface area contributed by atoms with Crippen LogP contribution in [0.25, 0.3) is 0 Å². The maximum atomic E-state index is 11.1. The second-order valence-corrected chi connectivity index (χ2v) is 3.29. The summed E-state index contributed by atoms with van der Waals surface area (Å²) in [5.41, 5.74) is 0.871. The standard InChI is InChI=1S/C10H16O2/c1-3-4-5-6-9-7-8(2)12-10(9)11/h6,8H,3-5,7H2,1-2H3. The molecule has 1 rings (SSSR count). The number of cyclic esters (lactones) is 1. The molecule has 1 heterocycles. The highest BCUT2D eigenvalue weighted by molar-refractivity contribution is 5.90. The summed E-state index contributed by atoms with van der Waals surface area (Å²) in [5, 5.41) is 0. The Morgan fingerprint density at radius 1 is 1.67 bits per heavy atom. The van der Waals surface area contributed by atoms with Gasteiger partial charge in [-0.05, 0) is 13.3 Å². The molecule has 2 heteroatoms. The number of esters is 1. The zero-order chi connectivity index (χ0) is 8.97. The quantitative estimate of drug-likeness (QED) is 0.367. The Balaban J connectivity index is 2.41. The molecule has 0 bridgehead atoms. The van der Waals surface area contributed by atoms with E-state index < -0.39 is 0 Å². The number of unbranched alkanes of at least 4 members (excludes halogenated alkanes) is 2. The summed E-state index contributed by atoms with van der Waals surface area (Å²) < 4.78 is 5.00. The Morgan fingerprint density at radius 2 is 2.42 bits per heavy atom. The van der Waals surface area contributed by atoms with Crippen molar-refractivity contribution in [2.45, 2.75) is 45.6 Å². The number of rotatable bonds is 3. The molecule has 0 N–H and O–H groups in total. The molecular formula is C10H16O2. The van der Waals surface area contributed by atoms with Gasteiger partial charge in [-0.25, -0.2) is 4.79 Å². The molecule has 0 aromatic carbocycles. The fraction of sp³-hybridized carbons (Fsp3) is 0.700. The molecule has 0 aliphatic carbocycles. The maximum Gasteiger partial charge on any atom is 0.334 e. The van der Waals surface area contributed by atoms with Crippen molar-refractivity contribution in [3.63, 3.8) is 0 Å². The van der Waals surface area contributed by atoms with Crippen molar-refractivity contribution >= 4 is 5.97 Å². The van der Waals surface area contributed by atoms with Crippen LogP contribution in [-0.4, -0.2) is 12.1 Å². The molecule has 1 aliphatic rings. The zero-order valence-electron chi connectivity index (χ0n) is 7.80. The number of hydrogen-bond acceptors (Lipinski definition) is 2. The van der Waals surface area contributed by atoms with Crippen molar-refractivity contribution in [3.05, 3.63) is 11.6 Å². The van der Waals surface area contributed by atoms with Gasteiger partial charge in [-0.2, -0.15) is 0 Å². The lowest BCUT2D eigenvalue weighted by Crippen LogP contribution is -1.99. The monoisotopic (exact) mass is 168 g/mol. The van der Waals surface area contributed by atoms with Crippen molar-refractivity contribution in [3.8, 4) is 0 Å².